The summed E-state index contributed by atoms with van der Waals surface area (Å²) < 4.78 is 146. The molecule has 2 aliphatic carbocycles. The first kappa shape index (κ1) is 25.8. The van der Waals surface area contributed by atoms with Gasteiger partial charge >= 0.3 is 12.1 Å². The summed E-state index contributed by atoms with van der Waals surface area (Å²) in [4.78, 5) is 38.8. The minimum Gasteiger partial charge on any atom is -0.455 e. The van der Waals surface area contributed by atoms with Crippen molar-refractivity contribution >= 4 is 27.5 Å². The summed E-state index contributed by atoms with van der Waals surface area (Å²) in [5, 5.41) is 0. The molecule has 1 aliphatic heterocycles. The van der Waals surface area contributed by atoms with Crippen LogP contribution >= 0.6 is 0 Å². The number of aryl methyl sites for hydroxylation is 1. The number of hydrogen-bond donors (Lipinski definition) is 0. The molecular weight excluding hydrogens is 621 g/mol. The Balaban J connectivity index is 1.48. The van der Waals surface area contributed by atoms with Crippen LogP contribution in [0.3, 0.4) is 0 Å². The lowest BCUT2D eigenvalue weighted by Gasteiger charge is -2.48. The number of sulfone groups is 1. The minimum absolute atomic E-state index is 0.0412. The Morgan fingerprint density at radius 3 is 2.36 bits per heavy atom. The number of ketones is 1. The van der Waals surface area contributed by atoms with Crippen molar-refractivity contribution in [1.82, 2.24) is 4.90 Å². The molecule has 244 valence electrons. The molecule has 45 heavy (non-hydrogen) atoms. The largest absolute Gasteiger partial charge is 0.455 e. The number of esters is 1. The number of nitrogens with zero attached hydrogens (tertiary/aromatic N) is 1. The lowest BCUT2D eigenvalue weighted by molar-refractivity contribution is -0.228. The summed E-state index contributed by atoms with van der Waals surface area (Å²) >= 11 is 0. The molecule has 0 radical (unpaired) electrons. The smallest absolute Gasteiger partial charge is 0.426 e. The Morgan fingerprint density at radius 2 is 1.73 bits per heavy atom. The number of hydrogen-bond acceptors (Lipinski definition) is 6. The zero-order chi connectivity index (χ0) is 38.2. The van der Waals surface area contributed by atoms with Crippen LogP contribution in [-0.2, 0) is 45.8 Å². The van der Waals surface area contributed by atoms with E-state index in [4.69, 9.17) is 13.0 Å². The highest BCUT2D eigenvalue weighted by Gasteiger charge is 2.61. The highest BCUT2D eigenvalue weighted by Crippen LogP contribution is 2.60. The summed E-state index contributed by atoms with van der Waals surface area (Å²) in [6.07, 6.45) is -6.07. The first-order valence-corrected chi connectivity index (χ1v) is 15.7. The third kappa shape index (κ3) is 5.54. The van der Waals surface area contributed by atoms with Gasteiger partial charge in [0.2, 0.25) is 11.6 Å². The van der Waals surface area contributed by atoms with E-state index in [9.17, 15) is 40.4 Å². The quantitative estimate of drug-likeness (QED) is 0.204. The minimum atomic E-state index is -5.26. The van der Waals surface area contributed by atoms with Crippen molar-refractivity contribution in [2.24, 2.45) is 11.8 Å². The van der Waals surface area contributed by atoms with Crippen LogP contribution < -0.4 is 0 Å². The lowest BCUT2D eigenvalue weighted by Crippen LogP contribution is -2.65. The summed E-state index contributed by atoms with van der Waals surface area (Å²) in [5.74, 6) is -5.77. The van der Waals surface area contributed by atoms with Gasteiger partial charge in [-0.15, -0.1) is 0 Å². The first-order valence-electron chi connectivity index (χ1n) is 17.2. The molecule has 1 saturated heterocycles. The summed E-state index contributed by atoms with van der Waals surface area (Å²) in [7, 11) is -4.45. The van der Waals surface area contributed by atoms with Gasteiger partial charge in [-0.1, -0.05) is 18.2 Å². The van der Waals surface area contributed by atoms with E-state index in [-0.39, 0.29) is 48.1 Å². The fourth-order valence-corrected chi connectivity index (χ4v) is 9.92. The average Bonchev–Trinajstić information content (AvgIpc) is 3.37. The van der Waals surface area contributed by atoms with Crippen LogP contribution in [-0.4, -0.2) is 55.8 Å². The molecule has 1 amide bonds. The van der Waals surface area contributed by atoms with E-state index in [1.807, 2.05) is 0 Å². The van der Waals surface area contributed by atoms with Gasteiger partial charge in [-0.3, -0.25) is 14.4 Å². The van der Waals surface area contributed by atoms with Gasteiger partial charge in [-0.05, 0) is 85.4 Å². The Kier molecular flexibility index (Phi) is 6.40. The maximum absolute atomic E-state index is 15.0. The van der Waals surface area contributed by atoms with Crippen molar-refractivity contribution < 1.29 is 57.7 Å². The van der Waals surface area contributed by atoms with E-state index in [1.54, 1.807) is 0 Å². The van der Waals surface area contributed by atoms with Crippen LogP contribution in [0, 0.1) is 17.7 Å². The predicted octanol–water partition coefficient (Wildman–Crippen LogP) is 5.73. The molecular formula is C32H34F5NO6S. The zero-order valence-corrected chi connectivity index (χ0v) is 24.9. The van der Waals surface area contributed by atoms with Gasteiger partial charge in [-0.2, -0.15) is 13.2 Å². The topological polar surface area (TPSA) is 97.8 Å². The molecule has 4 atom stereocenters. The number of fused-ring (bicyclic) bond motifs is 3. The molecule has 2 aromatic carbocycles. The molecule has 13 heteroatoms. The van der Waals surface area contributed by atoms with Gasteiger partial charge in [0.15, 0.2) is 15.4 Å². The van der Waals surface area contributed by atoms with Crippen LogP contribution in [0.2, 0.25) is 0 Å². The van der Waals surface area contributed by atoms with E-state index in [0.29, 0.717) is 6.92 Å². The maximum atomic E-state index is 15.0. The van der Waals surface area contributed by atoms with Crippen molar-refractivity contribution in [2.45, 2.75) is 86.2 Å². The van der Waals surface area contributed by atoms with Crippen LogP contribution in [0.5, 0.6) is 0 Å². The lowest BCUT2D eigenvalue weighted by atomic mass is 9.71. The average molecular weight is 662 g/mol. The Bertz CT molecular complexity index is 1840. The van der Waals surface area contributed by atoms with E-state index in [1.165, 1.54) is 6.07 Å². The second kappa shape index (κ2) is 11.2. The number of carbonyl (C=O) groups is 3. The number of halogens is 5. The number of Topliss-reactive ketones (excluding diaryl/α,β-unsaturated/α-hetero) is 1. The molecule has 7 nitrogen and oxygen atoms in total. The summed E-state index contributed by atoms with van der Waals surface area (Å²) in [5.41, 5.74) is -5.99. The number of rotatable bonds is 8. The van der Waals surface area contributed by atoms with Gasteiger partial charge < -0.3 is 9.64 Å². The Morgan fingerprint density at radius 1 is 1.04 bits per heavy atom. The first-order chi connectivity index (χ1) is 23.2. The molecule has 2 fully saturated rings. The molecule has 0 spiro atoms. The highest BCUT2D eigenvalue weighted by molar-refractivity contribution is 7.92. The van der Waals surface area contributed by atoms with Crippen LogP contribution in [0.15, 0.2) is 47.4 Å². The van der Waals surface area contributed by atoms with Crippen molar-refractivity contribution in [1.29, 1.82) is 0 Å². The van der Waals surface area contributed by atoms with E-state index in [0.717, 1.165) is 41.3 Å². The highest BCUT2D eigenvalue weighted by atomic mass is 32.2. The molecule has 3 aliphatic rings. The molecule has 1 unspecified atom stereocenters. The van der Waals surface area contributed by atoms with Gasteiger partial charge in [0.25, 0.3) is 0 Å². The van der Waals surface area contributed by atoms with E-state index < -0.39 is 106 Å². The number of benzene rings is 2. The second-order valence-corrected chi connectivity index (χ2v) is 14.5. The normalized spacial score (nSPS) is 27.9. The van der Waals surface area contributed by atoms with Crippen LogP contribution in [0.25, 0.3) is 0 Å². The fourth-order valence-electron chi connectivity index (χ4n) is 7.42. The summed E-state index contributed by atoms with van der Waals surface area (Å²) in [6, 6.07) is 7.07. The second-order valence-electron chi connectivity index (χ2n) is 12.3. The zero-order valence-electron chi connectivity index (χ0n) is 30.0. The Labute approximate surface area is 266 Å². The van der Waals surface area contributed by atoms with Crippen molar-refractivity contribution in [3.05, 3.63) is 65.0 Å². The van der Waals surface area contributed by atoms with Crippen molar-refractivity contribution in [3.8, 4) is 0 Å². The van der Waals surface area contributed by atoms with Gasteiger partial charge in [-0.25, -0.2) is 17.2 Å². The van der Waals surface area contributed by atoms with Crippen molar-refractivity contribution in [3.63, 3.8) is 0 Å². The molecule has 1 saturated carbocycles. The molecule has 0 N–H and O–H groups in total. The fraction of sp³-hybridized carbons (Fsp3) is 0.531. The number of likely N-dealkylation sites (tertiary alicyclic amines) is 1. The number of carbonyl (C=O) groups excluding carboxylic acids is 3. The molecule has 2 aromatic rings. The molecule has 5 rings (SSSR count). The van der Waals surface area contributed by atoms with E-state index in [2.05, 4.69) is 0 Å². The summed E-state index contributed by atoms with van der Waals surface area (Å²) in [6.45, 7) is -7.07. The van der Waals surface area contributed by atoms with Gasteiger partial charge in [0.05, 0.1) is 18.0 Å². The van der Waals surface area contributed by atoms with Crippen LogP contribution in [0.1, 0.15) is 77.6 Å². The molecule has 1 heterocycles. The third-order valence-electron chi connectivity index (χ3n) is 9.58. The maximum Gasteiger partial charge on any atom is 0.426 e. The molecule has 0 bridgehead atoms. The van der Waals surface area contributed by atoms with Crippen LogP contribution in [0.4, 0.5) is 22.0 Å². The predicted molar refractivity (Wildman–Crippen MR) is 152 cm³/mol. The van der Waals surface area contributed by atoms with E-state index >= 15 is 4.39 Å². The SMILES string of the molecule is [2H]C([2H])([2H])C(=O)OC1(CC(=O)C[C@@H]2CC[C@@]3(S(=O)(=O)c4ccc(F)cc4)c4ccc(C(C)(F)C(F)(F)F)cc4CC[C@@H]23)CN(C(=O)C([2H])([2H])[2H])C1. The number of amides is 1. The van der Waals surface area contributed by atoms with Crippen molar-refractivity contribution in [2.75, 3.05) is 13.1 Å². The molecule has 0 aromatic heterocycles. The Hall–Kier alpha value is -3.35. The van der Waals surface area contributed by atoms with Gasteiger partial charge in [0.1, 0.15) is 16.3 Å². The standard InChI is InChI=1S/C32H34F5NO6S/c1-19(39)38-17-30(18-38,44-20(2)40)16-25(41)15-22-12-13-31(45(42,43)26-8-6-24(33)7-9-26)27(22)10-4-21-14-23(5-11-28(21)31)29(3,34)32(35,36)37/h5-9,11,14,22,27H,4,10,12-13,15-18H2,1-3H3/t22-,27-,29?,31-/m0/s1/i1D3,2D3. The number of ether oxygens (including phenoxy) is 1. The number of alkyl halides is 4. The monoisotopic (exact) mass is 661 g/mol. The van der Waals surface area contributed by atoms with Gasteiger partial charge in [0, 0.05) is 34.8 Å². The third-order valence-corrected chi connectivity index (χ3v) is 12.2.